The minimum Gasteiger partial charge on any atom is -0.446 e. The lowest BCUT2D eigenvalue weighted by atomic mass is 10.1. The molecule has 0 saturated heterocycles. The molecule has 0 bridgehead atoms. The molecule has 0 aliphatic carbocycles. The molecule has 0 radical (unpaired) electrons. The smallest absolute Gasteiger partial charge is 0.198 e. The molecule has 0 N–H and O–H groups in total. The highest BCUT2D eigenvalue weighted by molar-refractivity contribution is 6.33. The molecule has 0 aliphatic rings. The van der Waals surface area contributed by atoms with E-state index in [4.69, 9.17) is 27.6 Å². The second-order valence-corrected chi connectivity index (χ2v) is 4.12. The number of nitrogens with zero attached hydrogens (tertiary/aromatic N) is 1. The molecule has 0 aliphatic heterocycles. The van der Waals surface area contributed by atoms with Gasteiger partial charge in [-0.3, -0.25) is 0 Å². The third-order valence-corrected chi connectivity index (χ3v) is 2.62. The average molecular weight is 242 g/mol. The van der Waals surface area contributed by atoms with Crippen molar-refractivity contribution in [3.63, 3.8) is 0 Å². The van der Waals surface area contributed by atoms with E-state index in [1.807, 2.05) is 13.0 Å². The van der Waals surface area contributed by atoms with Gasteiger partial charge >= 0.3 is 0 Å². The Kier molecular flexibility index (Phi) is 2.98. The van der Waals surface area contributed by atoms with Gasteiger partial charge in [0.2, 0.25) is 0 Å². The summed E-state index contributed by atoms with van der Waals surface area (Å²) in [7, 11) is 0. The Bertz CT molecular complexity index is 479. The molecule has 2 nitrogen and oxygen atoms in total. The molecule has 1 heterocycles. The zero-order valence-electron chi connectivity index (χ0n) is 8.13. The van der Waals surface area contributed by atoms with E-state index in [1.54, 1.807) is 18.3 Å². The van der Waals surface area contributed by atoms with Crippen molar-refractivity contribution in [3.05, 3.63) is 51.7 Å². The van der Waals surface area contributed by atoms with Crippen LogP contribution in [0.15, 0.2) is 28.8 Å². The first-order valence-corrected chi connectivity index (χ1v) is 5.26. The molecule has 0 atom stereocenters. The van der Waals surface area contributed by atoms with Gasteiger partial charge in [0, 0.05) is 10.0 Å². The molecule has 78 valence electrons. The van der Waals surface area contributed by atoms with Crippen LogP contribution in [0, 0.1) is 6.92 Å². The van der Waals surface area contributed by atoms with Crippen LogP contribution >= 0.6 is 23.2 Å². The fourth-order valence-electron chi connectivity index (χ4n) is 1.32. The van der Waals surface area contributed by atoms with E-state index < -0.39 is 0 Å². The van der Waals surface area contributed by atoms with Crippen LogP contribution in [0.1, 0.15) is 17.2 Å². The van der Waals surface area contributed by atoms with Crippen LogP contribution in [-0.2, 0) is 6.42 Å². The number of benzene rings is 1. The zero-order chi connectivity index (χ0) is 10.8. The Morgan fingerprint density at radius 3 is 2.80 bits per heavy atom. The van der Waals surface area contributed by atoms with Crippen LogP contribution in [-0.4, -0.2) is 4.98 Å². The Morgan fingerprint density at radius 2 is 2.13 bits per heavy atom. The monoisotopic (exact) mass is 241 g/mol. The molecule has 0 spiro atoms. The minimum absolute atomic E-state index is 0.563. The van der Waals surface area contributed by atoms with E-state index in [0.717, 1.165) is 11.3 Å². The molecule has 0 saturated carbocycles. The summed E-state index contributed by atoms with van der Waals surface area (Å²) in [5, 5.41) is 1.34. The van der Waals surface area contributed by atoms with Crippen molar-refractivity contribution in [2.75, 3.05) is 0 Å². The molecule has 4 heteroatoms. The number of hydrogen-bond donors (Lipinski definition) is 0. The van der Waals surface area contributed by atoms with Gasteiger partial charge in [0.15, 0.2) is 5.89 Å². The maximum Gasteiger partial charge on any atom is 0.198 e. The summed E-state index contributed by atoms with van der Waals surface area (Å²) in [6.45, 7) is 1.86. The largest absolute Gasteiger partial charge is 0.446 e. The summed E-state index contributed by atoms with van der Waals surface area (Å²) in [6, 6.07) is 5.35. The second-order valence-electron chi connectivity index (χ2n) is 3.28. The summed E-state index contributed by atoms with van der Waals surface area (Å²) in [6.07, 6.45) is 2.25. The highest BCUT2D eigenvalue weighted by atomic mass is 35.5. The standard InChI is InChI=1S/C11H9Cl2NO/c1-7-6-14-11(15-7)5-8-4-9(12)2-3-10(8)13/h2-4,6H,5H2,1H3. The van der Waals surface area contributed by atoms with Crippen LogP contribution < -0.4 is 0 Å². The number of aromatic nitrogens is 1. The van der Waals surface area contributed by atoms with Crippen LogP contribution in [0.25, 0.3) is 0 Å². The highest BCUT2D eigenvalue weighted by Gasteiger charge is 2.06. The van der Waals surface area contributed by atoms with Crippen LogP contribution in [0.4, 0.5) is 0 Å². The maximum atomic E-state index is 6.02. The number of aryl methyl sites for hydroxylation is 1. The first-order chi connectivity index (χ1) is 7.15. The lowest BCUT2D eigenvalue weighted by molar-refractivity contribution is 0.481. The van der Waals surface area contributed by atoms with Crippen molar-refractivity contribution < 1.29 is 4.42 Å². The van der Waals surface area contributed by atoms with Gasteiger partial charge in [-0.1, -0.05) is 23.2 Å². The molecule has 0 amide bonds. The highest BCUT2D eigenvalue weighted by Crippen LogP contribution is 2.23. The van der Waals surface area contributed by atoms with Crippen molar-refractivity contribution in [2.24, 2.45) is 0 Å². The summed E-state index contributed by atoms with van der Waals surface area (Å²) >= 11 is 11.9. The second kappa shape index (κ2) is 4.25. The van der Waals surface area contributed by atoms with Gasteiger partial charge < -0.3 is 4.42 Å². The zero-order valence-corrected chi connectivity index (χ0v) is 9.64. The molecule has 2 aromatic rings. The normalized spacial score (nSPS) is 10.6. The van der Waals surface area contributed by atoms with Gasteiger partial charge in [-0.15, -0.1) is 0 Å². The molecular weight excluding hydrogens is 233 g/mol. The Labute approximate surface area is 97.8 Å². The minimum atomic E-state index is 0.563. The molecule has 1 aromatic heterocycles. The fraction of sp³-hybridized carbons (Fsp3) is 0.182. The first kappa shape index (κ1) is 10.5. The Morgan fingerprint density at radius 1 is 1.33 bits per heavy atom. The summed E-state index contributed by atoms with van der Waals surface area (Å²) in [5.41, 5.74) is 0.922. The number of rotatable bonds is 2. The van der Waals surface area contributed by atoms with E-state index in [2.05, 4.69) is 4.98 Å². The van der Waals surface area contributed by atoms with Gasteiger partial charge in [0.05, 0.1) is 12.6 Å². The van der Waals surface area contributed by atoms with E-state index in [-0.39, 0.29) is 0 Å². The number of hydrogen-bond acceptors (Lipinski definition) is 2. The summed E-state index contributed by atoms with van der Waals surface area (Å²) in [5.74, 6) is 1.44. The molecule has 2 rings (SSSR count). The molecule has 0 fully saturated rings. The van der Waals surface area contributed by atoms with E-state index >= 15 is 0 Å². The Balaban J connectivity index is 2.27. The predicted molar refractivity (Wildman–Crippen MR) is 60.5 cm³/mol. The van der Waals surface area contributed by atoms with Gasteiger partial charge in [-0.25, -0.2) is 4.98 Å². The van der Waals surface area contributed by atoms with E-state index in [1.165, 1.54) is 0 Å². The lowest BCUT2D eigenvalue weighted by Crippen LogP contribution is -1.89. The summed E-state index contributed by atoms with van der Waals surface area (Å²) < 4.78 is 5.37. The van der Waals surface area contributed by atoms with Crippen LogP contribution in [0.3, 0.4) is 0 Å². The SMILES string of the molecule is Cc1cnc(Cc2cc(Cl)ccc2Cl)o1. The molecule has 15 heavy (non-hydrogen) atoms. The van der Waals surface area contributed by atoms with E-state index in [9.17, 15) is 0 Å². The molecule has 1 aromatic carbocycles. The third-order valence-electron chi connectivity index (χ3n) is 2.02. The Hall–Kier alpha value is -0.990. The van der Waals surface area contributed by atoms with Gasteiger partial charge in [-0.05, 0) is 30.7 Å². The topological polar surface area (TPSA) is 26.0 Å². The van der Waals surface area contributed by atoms with Crippen LogP contribution in [0.2, 0.25) is 10.0 Å². The van der Waals surface area contributed by atoms with Crippen molar-refractivity contribution in [3.8, 4) is 0 Å². The first-order valence-electron chi connectivity index (χ1n) is 4.50. The van der Waals surface area contributed by atoms with Gasteiger partial charge in [0.25, 0.3) is 0 Å². The van der Waals surface area contributed by atoms with E-state index in [0.29, 0.717) is 22.4 Å². The van der Waals surface area contributed by atoms with Gasteiger partial charge in [0.1, 0.15) is 5.76 Å². The lowest BCUT2D eigenvalue weighted by Gasteiger charge is -2.01. The third kappa shape index (κ3) is 2.52. The maximum absolute atomic E-state index is 6.02. The number of oxazole rings is 1. The van der Waals surface area contributed by atoms with Crippen molar-refractivity contribution >= 4 is 23.2 Å². The van der Waals surface area contributed by atoms with Crippen molar-refractivity contribution in [1.82, 2.24) is 4.98 Å². The van der Waals surface area contributed by atoms with Crippen molar-refractivity contribution in [1.29, 1.82) is 0 Å². The molecule has 0 unspecified atom stereocenters. The average Bonchev–Trinajstić information content (AvgIpc) is 2.58. The summed E-state index contributed by atoms with van der Waals surface area (Å²) in [4.78, 5) is 4.11. The fourth-order valence-corrected chi connectivity index (χ4v) is 1.70. The predicted octanol–water partition coefficient (Wildman–Crippen LogP) is 3.88. The quantitative estimate of drug-likeness (QED) is 0.798. The number of halogens is 2. The van der Waals surface area contributed by atoms with Gasteiger partial charge in [-0.2, -0.15) is 0 Å². The van der Waals surface area contributed by atoms with Crippen LogP contribution in [0.5, 0.6) is 0 Å². The molecular formula is C11H9Cl2NO. The van der Waals surface area contributed by atoms with Crippen molar-refractivity contribution in [2.45, 2.75) is 13.3 Å².